The van der Waals surface area contributed by atoms with E-state index in [2.05, 4.69) is 24.1 Å². The van der Waals surface area contributed by atoms with Gasteiger partial charge in [-0.05, 0) is 24.1 Å². The second-order valence-corrected chi connectivity index (χ2v) is 5.80. The maximum absolute atomic E-state index is 12.2. The molecule has 106 valence electrons. The van der Waals surface area contributed by atoms with Gasteiger partial charge in [0.1, 0.15) is 5.69 Å². The average Bonchev–Trinajstić information content (AvgIpc) is 2.88. The average molecular weight is 289 g/mol. The number of benzene rings is 1. The Hall–Kier alpha value is -1.72. The van der Waals surface area contributed by atoms with Gasteiger partial charge in [-0.2, -0.15) is 0 Å². The summed E-state index contributed by atoms with van der Waals surface area (Å²) in [5.41, 5.74) is 7.92. The van der Waals surface area contributed by atoms with E-state index in [0.29, 0.717) is 24.6 Å². The van der Waals surface area contributed by atoms with Crippen LogP contribution in [0.15, 0.2) is 29.6 Å². The third kappa shape index (κ3) is 3.43. The lowest BCUT2D eigenvalue weighted by Crippen LogP contribution is -2.14. The van der Waals surface area contributed by atoms with Crippen LogP contribution in [0.5, 0.6) is 0 Å². The molecule has 20 heavy (non-hydrogen) atoms. The Labute approximate surface area is 123 Å². The van der Waals surface area contributed by atoms with Crippen LogP contribution in [-0.4, -0.2) is 17.4 Å². The molecule has 0 spiro atoms. The van der Waals surface area contributed by atoms with E-state index < -0.39 is 0 Å². The minimum Gasteiger partial charge on any atom is -0.330 e. The second kappa shape index (κ2) is 6.63. The SMILES string of the molecule is CC(C)c1ccccc1NC(=O)c1csc(CCN)n1. The van der Waals surface area contributed by atoms with Crippen LogP contribution in [0.4, 0.5) is 5.69 Å². The Kier molecular flexibility index (Phi) is 4.87. The molecular weight excluding hydrogens is 270 g/mol. The zero-order chi connectivity index (χ0) is 14.5. The second-order valence-electron chi connectivity index (χ2n) is 4.86. The first-order valence-electron chi connectivity index (χ1n) is 6.66. The van der Waals surface area contributed by atoms with Crippen molar-refractivity contribution in [1.29, 1.82) is 0 Å². The molecule has 1 aromatic carbocycles. The van der Waals surface area contributed by atoms with E-state index in [-0.39, 0.29) is 5.91 Å². The number of thiazole rings is 1. The zero-order valence-electron chi connectivity index (χ0n) is 11.7. The lowest BCUT2D eigenvalue weighted by Gasteiger charge is -2.12. The van der Waals surface area contributed by atoms with Crippen LogP contribution in [0.25, 0.3) is 0 Å². The first-order valence-corrected chi connectivity index (χ1v) is 7.54. The molecule has 2 rings (SSSR count). The van der Waals surface area contributed by atoms with E-state index in [9.17, 15) is 4.79 Å². The molecule has 2 aromatic rings. The van der Waals surface area contributed by atoms with Crippen LogP contribution in [-0.2, 0) is 6.42 Å². The lowest BCUT2D eigenvalue weighted by atomic mass is 10.0. The fourth-order valence-electron chi connectivity index (χ4n) is 1.95. The standard InChI is InChI=1S/C15H19N3OS/c1-10(2)11-5-3-4-6-12(11)18-15(19)13-9-20-14(17-13)7-8-16/h3-6,9-10H,7-8,16H2,1-2H3,(H,18,19). The van der Waals surface area contributed by atoms with Gasteiger partial charge >= 0.3 is 0 Å². The van der Waals surface area contributed by atoms with Gasteiger partial charge in [0.2, 0.25) is 0 Å². The molecule has 0 atom stereocenters. The normalized spacial score (nSPS) is 10.8. The molecule has 5 heteroatoms. The molecule has 3 N–H and O–H groups in total. The summed E-state index contributed by atoms with van der Waals surface area (Å²) in [6.07, 6.45) is 0.709. The number of rotatable bonds is 5. The highest BCUT2D eigenvalue weighted by Gasteiger charge is 2.13. The number of carbonyl (C=O) groups is 1. The number of nitrogens with one attached hydrogen (secondary N) is 1. The first kappa shape index (κ1) is 14.7. The molecule has 1 aromatic heterocycles. The Morgan fingerprint density at radius 1 is 1.40 bits per heavy atom. The summed E-state index contributed by atoms with van der Waals surface area (Å²) < 4.78 is 0. The summed E-state index contributed by atoms with van der Waals surface area (Å²) in [6.45, 7) is 4.76. The summed E-state index contributed by atoms with van der Waals surface area (Å²) >= 11 is 1.47. The lowest BCUT2D eigenvalue weighted by molar-refractivity contribution is 0.102. The van der Waals surface area contributed by atoms with Crippen molar-refractivity contribution in [3.63, 3.8) is 0 Å². The van der Waals surface area contributed by atoms with Gasteiger partial charge < -0.3 is 11.1 Å². The smallest absolute Gasteiger partial charge is 0.275 e. The third-order valence-electron chi connectivity index (χ3n) is 2.97. The quantitative estimate of drug-likeness (QED) is 0.889. The number of hydrogen-bond donors (Lipinski definition) is 2. The zero-order valence-corrected chi connectivity index (χ0v) is 12.5. The van der Waals surface area contributed by atoms with Crippen LogP contribution >= 0.6 is 11.3 Å². The largest absolute Gasteiger partial charge is 0.330 e. The van der Waals surface area contributed by atoms with Crippen molar-refractivity contribution in [2.24, 2.45) is 5.73 Å². The van der Waals surface area contributed by atoms with Crippen molar-refractivity contribution >= 4 is 22.9 Å². The van der Waals surface area contributed by atoms with Crippen LogP contribution < -0.4 is 11.1 Å². The molecule has 0 aliphatic heterocycles. The van der Waals surface area contributed by atoms with Crippen molar-refractivity contribution in [3.05, 3.63) is 45.9 Å². The molecule has 0 saturated heterocycles. The number of para-hydroxylation sites is 1. The number of hydrogen-bond acceptors (Lipinski definition) is 4. The third-order valence-corrected chi connectivity index (χ3v) is 3.88. The molecule has 4 nitrogen and oxygen atoms in total. The number of anilines is 1. The van der Waals surface area contributed by atoms with Crippen molar-refractivity contribution in [3.8, 4) is 0 Å². The van der Waals surface area contributed by atoms with E-state index >= 15 is 0 Å². The van der Waals surface area contributed by atoms with E-state index in [0.717, 1.165) is 16.3 Å². The minimum absolute atomic E-state index is 0.169. The summed E-state index contributed by atoms with van der Waals surface area (Å²) in [4.78, 5) is 16.5. The molecular formula is C15H19N3OS. The van der Waals surface area contributed by atoms with Gasteiger partial charge in [0, 0.05) is 17.5 Å². The van der Waals surface area contributed by atoms with Gasteiger partial charge in [0.05, 0.1) is 5.01 Å². The van der Waals surface area contributed by atoms with Crippen LogP contribution in [0.2, 0.25) is 0 Å². The number of aromatic nitrogens is 1. The molecule has 0 fully saturated rings. The topological polar surface area (TPSA) is 68.0 Å². The highest BCUT2D eigenvalue weighted by Crippen LogP contribution is 2.24. The van der Waals surface area contributed by atoms with Gasteiger partial charge in [0.15, 0.2) is 0 Å². The highest BCUT2D eigenvalue weighted by atomic mass is 32.1. The van der Waals surface area contributed by atoms with Gasteiger partial charge in [-0.25, -0.2) is 4.98 Å². The van der Waals surface area contributed by atoms with Crippen molar-refractivity contribution in [2.75, 3.05) is 11.9 Å². The summed E-state index contributed by atoms with van der Waals surface area (Å²) in [5.74, 6) is 0.187. The monoisotopic (exact) mass is 289 g/mol. The summed E-state index contributed by atoms with van der Waals surface area (Å²) in [7, 11) is 0. The molecule has 0 bridgehead atoms. The highest BCUT2D eigenvalue weighted by molar-refractivity contribution is 7.09. The Bertz CT molecular complexity index is 592. The van der Waals surface area contributed by atoms with E-state index in [1.54, 1.807) is 5.38 Å². The minimum atomic E-state index is -0.169. The Morgan fingerprint density at radius 3 is 2.85 bits per heavy atom. The predicted molar refractivity (Wildman–Crippen MR) is 83.4 cm³/mol. The Morgan fingerprint density at radius 2 is 2.15 bits per heavy atom. The first-order chi connectivity index (χ1) is 9.61. The van der Waals surface area contributed by atoms with Gasteiger partial charge in [-0.15, -0.1) is 11.3 Å². The Balaban J connectivity index is 2.15. The maximum atomic E-state index is 12.2. The van der Waals surface area contributed by atoms with E-state index in [4.69, 9.17) is 5.73 Å². The maximum Gasteiger partial charge on any atom is 0.275 e. The van der Waals surface area contributed by atoms with Crippen molar-refractivity contribution < 1.29 is 4.79 Å². The number of amides is 1. The van der Waals surface area contributed by atoms with Crippen molar-refractivity contribution in [2.45, 2.75) is 26.2 Å². The van der Waals surface area contributed by atoms with Crippen LogP contribution in [0, 0.1) is 0 Å². The molecule has 1 heterocycles. The molecule has 0 unspecified atom stereocenters. The number of nitrogens with zero attached hydrogens (tertiary/aromatic N) is 1. The summed E-state index contributed by atoms with van der Waals surface area (Å²) in [5, 5.41) is 5.61. The van der Waals surface area contributed by atoms with Crippen molar-refractivity contribution in [1.82, 2.24) is 4.98 Å². The van der Waals surface area contributed by atoms with Gasteiger partial charge in [-0.1, -0.05) is 32.0 Å². The van der Waals surface area contributed by atoms with Crippen LogP contribution in [0.3, 0.4) is 0 Å². The number of nitrogens with two attached hydrogens (primary N) is 1. The van der Waals surface area contributed by atoms with Gasteiger partial charge in [0.25, 0.3) is 5.91 Å². The fraction of sp³-hybridized carbons (Fsp3) is 0.333. The fourth-order valence-corrected chi connectivity index (χ4v) is 2.75. The molecule has 0 saturated carbocycles. The van der Waals surface area contributed by atoms with E-state index in [1.165, 1.54) is 11.3 Å². The van der Waals surface area contributed by atoms with Gasteiger partial charge in [-0.3, -0.25) is 4.79 Å². The molecule has 0 aliphatic rings. The number of carbonyl (C=O) groups excluding carboxylic acids is 1. The van der Waals surface area contributed by atoms with Crippen LogP contribution in [0.1, 0.15) is 40.8 Å². The molecule has 0 aliphatic carbocycles. The molecule has 0 radical (unpaired) electrons. The predicted octanol–water partition coefficient (Wildman–Crippen LogP) is 3.02. The molecule has 1 amide bonds. The summed E-state index contributed by atoms with van der Waals surface area (Å²) in [6, 6.07) is 7.84. The van der Waals surface area contributed by atoms with E-state index in [1.807, 2.05) is 24.3 Å².